The van der Waals surface area contributed by atoms with Crippen LogP contribution in [0.4, 0.5) is 0 Å². The predicted octanol–water partition coefficient (Wildman–Crippen LogP) is 20.6. The summed E-state index contributed by atoms with van der Waals surface area (Å²) in [4.78, 5) is 0. The summed E-state index contributed by atoms with van der Waals surface area (Å²) in [5.41, 5.74) is 32.3. The van der Waals surface area contributed by atoms with Crippen LogP contribution in [0.3, 0.4) is 0 Å². The van der Waals surface area contributed by atoms with Gasteiger partial charge < -0.3 is 0 Å². The van der Waals surface area contributed by atoms with Gasteiger partial charge >= 0.3 is 0 Å². The van der Waals surface area contributed by atoms with Crippen LogP contribution in [0, 0.1) is 0 Å². The minimum Gasteiger partial charge on any atom is -0.0620 e. The number of hydrogen-bond acceptors (Lipinski definition) is 0. The van der Waals surface area contributed by atoms with Gasteiger partial charge in [-0.3, -0.25) is 0 Å². The van der Waals surface area contributed by atoms with Gasteiger partial charge in [0.1, 0.15) is 0 Å². The van der Waals surface area contributed by atoms with Crippen molar-refractivity contribution in [2.75, 3.05) is 0 Å². The maximum Gasteiger partial charge on any atom is 0.0159 e. The molecule has 0 radical (unpaired) electrons. The van der Waals surface area contributed by atoms with Crippen molar-refractivity contribution < 1.29 is 0 Å². The van der Waals surface area contributed by atoms with Crippen LogP contribution in [0.15, 0.2) is 205 Å². The molecule has 1 atom stereocenters. The second kappa shape index (κ2) is 16.1. The van der Waals surface area contributed by atoms with E-state index in [1.807, 2.05) is 0 Å². The summed E-state index contributed by atoms with van der Waals surface area (Å²) in [6.45, 7) is 29.9. The van der Waals surface area contributed by atoms with E-state index >= 15 is 0 Å². The lowest BCUT2D eigenvalue weighted by Crippen LogP contribution is -2.28. The zero-order valence-corrected chi connectivity index (χ0v) is 52.1. The number of rotatable bonds is 3. The number of hydrogen-bond donors (Lipinski definition) is 0. The Labute approximate surface area is 503 Å². The minimum absolute atomic E-state index is 0.0392. The second-order valence-corrected chi connectivity index (χ2v) is 31.6. The Bertz CT molecular complexity index is 4820. The average Bonchev–Trinajstić information content (AvgIpc) is 1.80. The van der Waals surface area contributed by atoms with E-state index in [1.54, 1.807) is 11.1 Å². The van der Waals surface area contributed by atoms with Crippen LogP contribution in [-0.2, 0) is 32.5 Å². The maximum atomic E-state index is 2.77. The van der Waals surface area contributed by atoms with Crippen molar-refractivity contribution in [2.45, 2.75) is 128 Å². The third kappa shape index (κ3) is 6.08. The lowest BCUT2D eigenvalue weighted by Gasteiger charge is -2.33. The van der Waals surface area contributed by atoms with Crippen LogP contribution in [0.5, 0.6) is 0 Å². The fourth-order valence-electron chi connectivity index (χ4n) is 18.8. The molecule has 0 bridgehead atoms. The Morgan fingerprint density at radius 3 is 1.12 bits per heavy atom. The molecule has 7 aliphatic rings. The topological polar surface area (TPSA) is 0 Å². The molecule has 0 saturated heterocycles. The summed E-state index contributed by atoms with van der Waals surface area (Å²) in [6, 6.07) is 75.1. The molecule has 0 spiro atoms. The number of benzene rings is 11. The highest BCUT2D eigenvalue weighted by Gasteiger charge is 2.51. The molecule has 11 aromatic rings. The van der Waals surface area contributed by atoms with E-state index in [0.29, 0.717) is 5.92 Å². The molecule has 18 rings (SSSR count). The molecule has 7 aliphatic carbocycles. The van der Waals surface area contributed by atoms with Crippen LogP contribution < -0.4 is 15.9 Å². The second-order valence-electron chi connectivity index (χ2n) is 29.5. The fraction of sp³-hybridized carbons (Fsp3) is 0.238. The van der Waals surface area contributed by atoms with Crippen LogP contribution >= 0.6 is 7.92 Å². The van der Waals surface area contributed by atoms with Gasteiger partial charge in [-0.05, 0) is 222 Å². The van der Waals surface area contributed by atoms with Crippen molar-refractivity contribution in [1.29, 1.82) is 0 Å². The normalized spacial score (nSPS) is 19.6. The molecule has 0 heterocycles. The Kier molecular flexibility index (Phi) is 9.58. The van der Waals surface area contributed by atoms with Gasteiger partial charge in [0.05, 0.1) is 0 Å². The quantitative estimate of drug-likeness (QED) is 0.155. The summed E-state index contributed by atoms with van der Waals surface area (Å²) < 4.78 is 0. The monoisotopic (exact) mass is 1110 g/mol. The Morgan fingerprint density at radius 2 is 0.647 bits per heavy atom. The molecule has 0 N–H and O–H groups in total. The molecule has 0 amide bonds. The zero-order valence-electron chi connectivity index (χ0n) is 51.2. The Hall–Kier alpha value is -7.89. The van der Waals surface area contributed by atoms with Crippen LogP contribution in [0.1, 0.15) is 162 Å². The van der Waals surface area contributed by atoms with Gasteiger partial charge in [0.2, 0.25) is 0 Å². The molecule has 0 fully saturated rings. The standard InChI is InChI=1S/C84H71P/c1-79(2)61-34-22-19-25-46(61)55-37-67-58(40-64(55)79)76-52-31-16-13-28-49(52)73(43-70(76)82(67,7)8)85(74-44-71-77(53-32-17-14-29-50(53)74)59-41-65-56(38-68(59)83(71,9)10)47-26-20-23-35-62(47)80(65,3)4)75-45-72-78(54-33-18-15-30-51(54)75)60-42-66-57(39-69(60)84(72,11)12)48-27-21-24-36-63(48)81(66,5)6/h13-38,40-45,57H,39H2,1-12H3. The van der Waals surface area contributed by atoms with Crippen molar-refractivity contribution >= 4 is 61.7 Å². The molecule has 0 aromatic heterocycles. The van der Waals surface area contributed by atoms with Crippen molar-refractivity contribution in [3.05, 3.63) is 272 Å². The van der Waals surface area contributed by atoms with Crippen molar-refractivity contribution in [3.63, 3.8) is 0 Å². The minimum atomic E-state index is -1.27. The highest BCUT2D eigenvalue weighted by Crippen LogP contribution is 2.64. The van der Waals surface area contributed by atoms with E-state index in [0.717, 1.165) is 6.42 Å². The molecule has 412 valence electrons. The van der Waals surface area contributed by atoms with Gasteiger partial charge in [-0.1, -0.05) is 246 Å². The Morgan fingerprint density at radius 1 is 0.294 bits per heavy atom. The Balaban J connectivity index is 0.925. The van der Waals surface area contributed by atoms with Gasteiger partial charge in [-0.25, -0.2) is 0 Å². The van der Waals surface area contributed by atoms with E-state index in [2.05, 4.69) is 277 Å². The lowest BCUT2D eigenvalue weighted by atomic mass is 9.71. The first-order chi connectivity index (χ1) is 40.7. The van der Waals surface area contributed by atoms with Gasteiger partial charge in [0, 0.05) is 38.4 Å². The van der Waals surface area contributed by atoms with Crippen LogP contribution in [-0.4, -0.2) is 0 Å². The molecular weight excluding hydrogens is 1040 g/mol. The van der Waals surface area contributed by atoms with E-state index in [-0.39, 0.29) is 32.5 Å². The van der Waals surface area contributed by atoms with Gasteiger partial charge in [0.15, 0.2) is 0 Å². The summed E-state index contributed by atoms with van der Waals surface area (Å²) >= 11 is 0. The van der Waals surface area contributed by atoms with Crippen molar-refractivity contribution in [2.24, 2.45) is 0 Å². The summed E-state index contributed by atoms with van der Waals surface area (Å²) in [6.07, 6.45) is 3.73. The summed E-state index contributed by atoms with van der Waals surface area (Å²) in [5.74, 6) is 0.390. The van der Waals surface area contributed by atoms with Gasteiger partial charge in [-0.15, -0.1) is 0 Å². The van der Waals surface area contributed by atoms with Gasteiger partial charge in [-0.2, -0.15) is 0 Å². The number of fused-ring (bicyclic) bond motifs is 23. The molecule has 0 aliphatic heterocycles. The van der Waals surface area contributed by atoms with Crippen molar-refractivity contribution in [1.82, 2.24) is 0 Å². The fourth-order valence-corrected chi connectivity index (χ4v) is 21.6. The molecule has 1 unspecified atom stereocenters. The first kappa shape index (κ1) is 50.4. The maximum absolute atomic E-state index is 2.77. The molecule has 0 nitrogen and oxygen atoms in total. The first-order valence-electron chi connectivity index (χ1n) is 31.3. The SMILES string of the molecule is CC1(C)C2=CC3=C(CC2c2ccccc21)C(C)(C)c1cc(P(c2cc4c(c5ccccc25)-c2cc5c(cc2C4(C)C)-c2ccccc2C5(C)C)c2cc4c(c5ccccc25)-c2cc5c(cc2C4(C)C)-c2ccccc2C5(C)C)c2ccccc2c13. The molecule has 85 heavy (non-hydrogen) atoms. The van der Waals surface area contributed by atoms with Crippen LogP contribution in [0.2, 0.25) is 0 Å². The van der Waals surface area contributed by atoms with Crippen LogP contribution in [0.25, 0.3) is 82.4 Å². The van der Waals surface area contributed by atoms with Gasteiger partial charge in [0.25, 0.3) is 0 Å². The highest BCUT2D eigenvalue weighted by atomic mass is 31.1. The largest absolute Gasteiger partial charge is 0.0620 e. The average molecular weight is 1110 g/mol. The molecule has 1 heteroatoms. The first-order valence-corrected chi connectivity index (χ1v) is 32.7. The van der Waals surface area contributed by atoms with E-state index in [9.17, 15) is 0 Å². The van der Waals surface area contributed by atoms with E-state index in [1.165, 1.54) is 165 Å². The summed E-state index contributed by atoms with van der Waals surface area (Å²) in [7, 11) is -1.27. The van der Waals surface area contributed by atoms with Crippen molar-refractivity contribution in [3.8, 4) is 44.5 Å². The molecular formula is C84H71P. The molecule has 11 aromatic carbocycles. The summed E-state index contributed by atoms with van der Waals surface area (Å²) in [5, 5.41) is 12.6. The zero-order chi connectivity index (χ0) is 58.0. The smallest absolute Gasteiger partial charge is 0.0159 e. The third-order valence-corrected chi connectivity index (χ3v) is 25.9. The molecule has 0 saturated carbocycles. The third-order valence-electron chi connectivity index (χ3n) is 23.3. The number of allylic oxidation sites excluding steroid dienone is 4. The highest BCUT2D eigenvalue weighted by molar-refractivity contribution is 7.81. The van der Waals surface area contributed by atoms with E-state index in [4.69, 9.17) is 0 Å². The van der Waals surface area contributed by atoms with E-state index < -0.39 is 7.92 Å². The lowest BCUT2D eigenvalue weighted by molar-refractivity contribution is 0.561. The predicted molar refractivity (Wildman–Crippen MR) is 363 cm³/mol.